The fourth-order valence-electron chi connectivity index (χ4n) is 9.10. The second-order valence-electron chi connectivity index (χ2n) is 13.6. The molecule has 0 heterocycles. The Labute approximate surface area is 222 Å². The largest absolute Gasteiger partial charge is 0.478 e. The lowest BCUT2D eigenvalue weighted by Gasteiger charge is -2.57. The summed E-state index contributed by atoms with van der Waals surface area (Å²) in [6, 6.07) is 0. The van der Waals surface area contributed by atoms with E-state index in [2.05, 4.69) is 41.2 Å². The number of carboxylic acid groups (broad SMARTS) is 1. The Bertz CT molecular complexity index is 1060. The zero-order valence-corrected chi connectivity index (χ0v) is 23.9. The Morgan fingerprint density at radius 3 is 2.46 bits per heavy atom. The van der Waals surface area contributed by atoms with Gasteiger partial charge in [-0.15, -0.1) is 0 Å². The van der Waals surface area contributed by atoms with Gasteiger partial charge in [0.25, 0.3) is 0 Å². The third kappa shape index (κ3) is 4.44. The molecule has 5 nitrogen and oxygen atoms in total. The van der Waals surface area contributed by atoms with Crippen molar-refractivity contribution in [3.05, 3.63) is 35.5 Å². The lowest BCUT2D eigenvalue weighted by atomic mass is 9.47. The average molecular weight is 511 g/mol. The first-order valence-electron chi connectivity index (χ1n) is 14.2. The summed E-state index contributed by atoms with van der Waals surface area (Å²) in [7, 11) is 0. The molecule has 3 saturated carbocycles. The van der Waals surface area contributed by atoms with E-state index in [9.17, 15) is 14.4 Å². The van der Waals surface area contributed by atoms with Crippen molar-refractivity contribution in [1.82, 2.24) is 0 Å². The highest BCUT2D eigenvalue weighted by Gasteiger charge is 2.65. The fraction of sp³-hybridized carbons (Fsp3) is 0.719. The highest BCUT2D eigenvalue weighted by atomic mass is 16.5. The van der Waals surface area contributed by atoms with Gasteiger partial charge in [-0.05, 0) is 92.4 Å². The van der Waals surface area contributed by atoms with Gasteiger partial charge in [0.05, 0.1) is 0 Å². The first-order valence-corrected chi connectivity index (χ1v) is 14.2. The van der Waals surface area contributed by atoms with E-state index in [4.69, 9.17) is 9.84 Å². The van der Waals surface area contributed by atoms with Crippen molar-refractivity contribution in [3.63, 3.8) is 0 Å². The van der Waals surface area contributed by atoms with Gasteiger partial charge >= 0.3 is 11.9 Å². The summed E-state index contributed by atoms with van der Waals surface area (Å²) in [5, 5.41) is 9.14. The molecule has 37 heavy (non-hydrogen) atoms. The Kier molecular flexibility index (Phi) is 7.18. The number of ether oxygens (including phenoxy) is 1. The Morgan fingerprint density at radius 2 is 1.84 bits per heavy atom. The van der Waals surface area contributed by atoms with Crippen LogP contribution in [0.2, 0.25) is 0 Å². The monoisotopic (exact) mass is 510 g/mol. The van der Waals surface area contributed by atoms with Crippen LogP contribution < -0.4 is 0 Å². The molecule has 4 aliphatic carbocycles. The number of hydrogen-bond donors (Lipinski definition) is 1. The Morgan fingerprint density at radius 1 is 1.16 bits per heavy atom. The van der Waals surface area contributed by atoms with E-state index < -0.39 is 11.4 Å². The minimum Gasteiger partial charge on any atom is -0.478 e. The molecule has 4 rings (SSSR count). The molecule has 0 aromatic heterocycles. The molecule has 1 N–H and O–H groups in total. The summed E-state index contributed by atoms with van der Waals surface area (Å²) < 4.78 is 5.73. The van der Waals surface area contributed by atoms with Crippen LogP contribution >= 0.6 is 0 Å². The number of hydrogen-bond acceptors (Lipinski definition) is 4. The molecule has 0 aromatic carbocycles. The van der Waals surface area contributed by atoms with E-state index in [0.717, 1.165) is 44.9 Å². The highest BCUT2D eigenvalue weighted by Crippen LogP contribution is 2.70. The van der Waals surface area contributed by atoms with Crippen LogP contribution in [0.15, 0.2) is 35.5 Å². The van der Waals surface area contributed by atoms with Gasteiger partial charge in [-0.3, -0.25) is 9.59 Å². The van der Waals surface area contributed by atoms with Crippen molar-refractivity contribution in [2.45, 2.75) is 99.5 Å². The van der Waals surface area contributed by atoms with Crippen molar-refractivity contribution in [2.24, 2.45) is 45.8 Å². The van der Waals surface area contributed by atoms with Crippen LogP contribution in [0.4, 0.5) is 0 Å². The Balaban J connectivity index is 1.58. The first kappa shape index (κ1) is 27.9. The van der Waals surface area contributed by atoms with E-state index in [0.29, 0.717) is 29.2 Å². The second kappa shape index (κ2) is 9.54. The predicted octanol–water partition coefficient (Wildman–Crippen LogP) is 6.93. The van der Waals surface area contributed by atoms with Gasteiger partial charge in [0.2, 0.25) is 0 Å². The molecule has 0 bridgehead atoms. The van der Waals surface area contributed by atoms with Gasteiger partial charge in [0, 0.05) is 23.8 Å². The second-order valence-corrected chi connectivity index (χ2v) is 13.6. The van der Waals surface area contributed by atoms with E-state index >= 15 is 0 Å². The number of carbonyl (C=O) groups excluding carboxylic acids is 2. The molecule has 0 unspecified atom stereocenters. The molecule has 204 valence electrons. The first-order chi connectivity index (χ1) is 17.1. The molecule has 3 fully saturated rings. The van der Waals surface area contributed by atoms with Gasteiger partial charge in [0.15, 0.2) is 5.78 Å². The number of ketones is 1. The molecule has 4 aliphatic rings. The summed E-state index contributed by atoms with van der Waals surface area (Å²) >= 11 is 0. The number of carboxylic acids is 1. The summed E-state index contributed by atoms with van der Waals surface area (Å²) in [6.45, 7) is 19.0. The lowest BCUT2D eigenvalue weighted by molar-refractivity contribution is -0.175. The van der Waals surface area contributed by atoms with Crippen molar-refractivity contribution < 1.29 is 24.2 Å². The molecule has 0 aliphatic heterocycles. The van der Waals surface area contributed by atoms with Crippen LogP contribution in [0.25, 0.3) is 0 Å². The molecule has 0 amide bonds. The maximum Gasteiger partial charge on any atom is 0.330 e. The molecular formula is C32H46O5. The van der Waals surface area contributed by atoms with Crippen LogP contribution in [0.1, 0.15) is 93.4 Å². The van der Waals surface area contributed by atoms with Gasteiger partial charge in [-0.25, -0.2) is 4.79 Å². The minimum atomic E-state index is -0.848. The molecule has 0 saturated heterocycles. The zero-order chi connectivity index (χ0) is 27.5. The number of esters is 1. The van der Waals surface area contributed by atoms with Gasteiger partial charge in [0.1, 0.15) is 6.10 Å². The maximum atomic E-state index is 13.8. The minimum absolute atomic E-state index is 0.0295. The van der Waals surface area contributed by atoms with Crippen LogP contribution in [-0.2, 0) is 19.1 Å². The molecule has 8 atom stereocenters. The normalized spacial score (nSPS) is 39.7. The number of rotatable bonds is 6. The van der Waals surface area contributed by atoms with E-state index in [-0.39, 0.29) is 34.6 Å². The third-order valence-corrected chi connectivity index (χ3v) is 11.1. The molecular weight excluding hydrogens is 464 g/mol. The lowest BCUT2D eigenvalue weighted by Crippen LogP contribution is -2.58. The van der Waals surface area contributed by atoms with E-state index in [1.807, 2.05) is 12.2 Å². The molecule has 5 heteroatoms. The van der Waals surface area contributed by atoms with Crippen LogP contribution in [0.3, 0.4) is 0 Å². The van der Waals surface area contributed by atoms with E-state index in [1.165, 1.54) is 18.1 Å². The van der Waals surface area contributed by atoms with Crippen LogP contribution in [0, 0.1) is 45.8 Å². The Hall–Kier alpha value is -2.17. The van der Waals surface area contributed by atoms with Crippen LogP contribution in [-0.4, -0.2) is 28.9 Å². The topological polar surface area (TPSA) is 80.7 Å². The average Bonchev–Trinajstić information content (AvgIpc) is 3.09. The van der Waals surface area contributed by atoms with Gasteiger partial charge in [-0.1, -0.05) is 58.4 Å². The number of fused-ring (bicyclic) bond motifs is 5. The van der Waals surface area contributed by atoms with Crippen LogP contribution in [0.5, 0.6) is 0 Å². The van der Waals surface area contributed by atoms with Crippen molar-refractivity contribution in [1.29, 1.82) is 0 Å². The standard InChI is InChI=1S/C32H46O5/c1-18(10-9-11-19(2)29(35)36)22-12-14-31(7)23(20(22)3)16-24-25(31)17-26(34)28-30(5,6)27(37-21(4)33)13-15-32(24,28)8/h11,17-18,22-24,27-28H,3,9-10,12-16H2,1-2,4-8H3,(H,35,36)/b19-11-/t18-,22-,23+,24-,27-,28+,31-,32-/m1/s1. The summed E-state index contributed by atoms with van der Waals surface area (Å²) in [6.07, 6.45) is 10.2. The van der Waals surface area contributed by atoms with E-state index in [1.54, 1.807) is 6.92 Å². The fourth-order valence-corrected chi connectivity index (χ4v) is 9.10. The predicted molar refractivity (Wildman–Crippen MR) is 145 cm³/mol. The van der Waals surface area contributed by atoms with Crippen molar-refractivity contribution >= 4 is 17.7 Å². The molecule has 0 radical (unpaired) electrons. The van der Waals surface area contributed by atoms with Gasteiger partial charge < -0.3 is 9.84 Å². The van der Waals surface area contributed by atoms with Crippen molar-refractivity contribution in [2.75, 3.05) is 0 Å². The summed E-state index contributed by atoms with van der Waals surface area (Å²) in [4.78, 5) is 36.8. The number of allylic oxidation sites excluding steroid dienone is 4. The quantitative estimate of drug-likeness (QED) is 0.238. The smallest absolute Gasteiger partial charge is 0.330 e. The zero-order valence-electron chi connectivity index (χ0n) is 23.9. The van der Waals surface area contributed by atoms with Crippen molar-refractivity contribution in [3.8, 4) is 0 Å². The maximum absolute atomic E-state index is 13.8. The highest BCUT2D eigenvalue weighted by molar-refractivity contribution is 5.95. The molecule has 0 spiro atoms. The summed E-state index contributed by atoms with van der Waals surface area (Å²) in [5.74, 6) is 0.488. The van der Waals surface area contributed by atoms with Gasteiger partial charge in [-0.2, -0.15) is 0 Å². The number of carbonyl (C=O) groups is 3. The third-order valence-electron chi connectivity index (χ3n) is 11.1. The summed E-state index contributed by atoms with van der Waals surface area (Å²) in [5.41, 5.74) is 2.49. The number of aliphatic carboxylic acids is 1. The SMILES string of the molecule is C=C1[C@@H]([C@H](C)CC/C=C(/C)C(=O)O)CC[C@@]2(C)C3=CC(=O)[C@H]4C(C)(C)[C@H](OC(C)=O)CC[C@]4(C)[C@@H]3C[C@@H]12. The molecule has 0 aromatic rings.